The molecule has 0 spiro atoms. The molecule has 0 aliphatic carbocycles. The standard InChI is InChI=1S/C12H14F2N4/c13-11(14)18-10-4-2-1-3-9(10)16-12(18)17-7-5-15-6-8-17/h1-4,11,15H,5-8H2. The molecule has 1 saturated heterocycles. The van der Waals surface area contributed by atoms with Crippen LogP contribution in [-0.4, -0.2) is 35.7 Å². The Bertz CT molecular complexity index is 546. The summed E-state index contributed by atoms with van der Waals surface area (Å²) in [7, 11) is 0. The number of hydrogen-bond donors (Lipinski definition) is 1. The lowest BCUT2D eigenvalue weighted by Crippen LogP contribution is -2.44. The first-order valence-electron chi connectivity index (χ1n) is 5.98. The van der Waals surface area contributed by atoms with Crippen LogP contribution in [-0.2, 0) is 0 Å². The lowest BCUT2D eigenvalue weighted by Gasteiger charge is -2.28. The second-order valence-electron chi connectivity index (χ2n) is 4.29. The number of piperazine rings is 1. The van der Waals surface area contributed by atoms with Crippen molar-refractivity contribution >= 4 is 17.0 Å². The quantitative estimate of drug-likeness (QED) is 0.885. The minimum absolute atomic E-state index is 0.368. The average molecular weight is 252 g/mol. The SMILES string of the molecule is FC(F)n1c(N2CCNCC2)nc2ccccc21. The molecule has 18 heavy (non-hydrogen) atoms. The molecule has 1 aliphatic rings. The number of para-hydroxylation sites is 2. The molecule has 0 saturated carbocycles. The largest absolute Gasteiger partial charge is 0.340 e. The summed E-state index contributed by atoms with van der Waals surface area (Å²) in [5, 5.41) is 3.20. The monoisotopic (exact) mass is 252 g/mol. The van der Waals surface area contributed by atoms with Gasteiger partial charge in [0.1, 0.15) is 0 Å². The van der Waals surface area contributed by atoms with Crippen LogP contribution in [0.4, 0.5) is 14.7 Å². The molecule has 1 aromatic carbocycles. The van der Waals surface area contributed by atoms with E-state index in [1.54, 1.807) is 18.2 Å². The van der Waals surface area contributed by atoms with Crippen LogP contribution in [0.2, 0.25) is 0 Å². The molecule has 0 bridgehead atoms. The molecule has 0 amide bonds. The van der Waals surface area contributed by atoms with Gasteiger partial charge in [0.05, 0.1) is 11.0 Å². The first kappa shape index (κ1) is 11.4. The van der Waals surface area contributed by atoms with E-state index >= 15 is 0 Å². The zero-order chi connectivity index (χ0) is 12.5. The van der Waals surface area contributed by atoms with Gasteiger partial charge in [-0.2, -0.15) is 8.78 Å². The average Bonchev–Trinajstić information content (AvgIpc) is 2.79. The van der Waals surface area contributed by atoms with E-state index in [4.69, 9.17) is 0 Å². The molecule has 96 valence electrons. The van der Waals surface area contributed by atoms with Crippen molar-refractivity contribution in [1.29, 1.82) is 0 Å². The van der Waals surface area contributed by atoms with Crippen LogP contribution in [0.1, 0.15) is 6.55 Å². The fourth-order valence-corrected chi connectivity index (χ4v) is 2.31. The van der Waals surface area contributed by atoms with E-state index < -0.39 is 6.55 Å². The van der Waals surface area contributed by atoms with Gasteiger partial charge in [-0.25, -0.2) is 4.98 Å². The van der Waals surface area contributed by atoms with E-state index in [2.05, 4.69) is 10.3 Å². The Morgan fingerprint density at radius 3 is 2.61 bits per heavy atom. The van der Waals surface area contributed by atoms with Gasteiger partial charge in [-0.05, 0) is 12.1 Å². The second-order valence-corrected chi connectivity index (χ2v) is 4.29. The third kappa shape index (κ3) is 1.82. The van der Waals surface area contributed by atoms with Crippen LogP contribution in [0.5, 0.6) is 0 Å². The van der Waals surface area contributed by atoms with Gasteiger partial charge in [-0.1, -0.05) is 12.1 Å². The molecule has 2 aromatic rings. The van der Waals surface area contributed by atoms with E-state index in [1.807, 2.05) is 11.0 Å². The Hall–Kier alpha value is -1.69. The number of nitrogens with zero attached hydrogens (tertiary/aromatic N) is 3. The van der Waals surface area contributed by atoms with Crippen molar-refractivity contribution in [3.63, 3.8) is 0 Å². The Labute approximate surface area is 103 Å². The summed E-state index contributed by atoms with van der Waals surface area (Å²) >= 11 is 0. The predicted molar refractivity (Wildman–Crippen MR) is 66.1 cm³/mol. The summed E-state index contributed by atoms with van der Waals surface area (Å²) in [6, 6.07) is 7.01. The molecule has 6 heteroatoms. The van der Waals surface area contributed by atoms with Crippen molar-refractivity contribution in [2.75, 3.05) is 31.1 Å². The zero-order valence-electron chi connectivity index (χ0n) is 9.81. The Kier molecular flexibility index (Phi) is 2.87. The van der Waals surface area contributed by atoms with Gasteiger partial charge in [0, 0.05) is 26.2 Å². The van der Waals surface area contributed by atoms with Crippen molar-refractivity contribution in [2.45, 2.75) is 6.55 Å². The van der Waals surface area contributed by atoms with Crippen molar-refractivity contribution in [3.8, 4) is 0 Å². The van der Waals surface area contributed by atoms with Gasteiger partial charge in [-0.3, -0.25) is 4.57 Å². The van der Waals surface area contributed by atoms with Crippen molar-refractivity contribution < 1.29 is 8.78 Å². The Morgan fingerprint density at radius 1 is 1.17 bits per heavy atom. The number of imidazole rings is 1. The minimum Gasteiger partial charge on any atom is -0.340 e. The normalized spacial score (nSPS) is 16.7. The topological polar surface area (TPSA) is 33.1 Å². The highest BCUT2D eigenvalue weighted by Gasteiger charge is 2.22. The van der Waals surface area contributed by atoms with Crippen molar-refractivity contribution in [1.82, 2.24) is 14.9 Å². The van der Waals surface area contributed by atoms with Crippen molar-refractivity contribution in [2.24, 2.45) is 0 Å². The van der Waals surface area contributed by atoms with Crippen LogP contribution in [0, 0.1) is 0 Å². The van der Waals surface area contributed by atoms with E-state index in [0.717, 1.165) is 17.7 Å². The summed E-state index contributed by atoms with van der Waals surface area (Å²) in [5.41, 5.74) is 1.10. The fourth-order valence-electron chi connectivity index (χ4n) is 2.31. The van der Waals surface area contributed by atoms with E-state index in [9.17, 15) is 8.78 Å². The summed E-state index contributed by atoms with van der Waals surface area (Å²) < 4.78 is 27.5. The molecule has 0 unspecified atom stereocenters. The van der Waals surface area contributed by atoms with Crippen LogP contribution in [0.3, 0.4) is 0 Å². The lowest BCUT2D eigenvalue weighted by molar-refractivity contribution is 0.0757. The highest BCUT2D eigenvalue weighted by atomic mass is 19.3. The lowest BCUT2D eigenvalue weighted by atomic mass is 10.3. The number of anilines is 1. The van der Waals surface area contributed by atoms with Gasteiger partial charge in [0.2, 0.25) is 5.95 Å². The van der Waals surface area contributed by atoms with E-state index in [1.165, 1.54) is 0 Å². The number of benzene rings is 1. The van der Waals surface area contributed by atoms with Gasteiger partial charge >= 0.3 is 6.55 Å². The highest BCUT2D eigenvalue weighted by Crippen LogP contribution is 2.28. The van der Waals surface area contributed by atoms with Crippen LogP contribution in [0.25, 0.3) is 11.0 Å². The smallest absolute Gasteiger partial charge is 0.321 e. The minimum atomic E-state index is -2.57. The van der Waals surface area contributed by atoms with Crippen LogP contribution < -0.4 is 10.2 Å². The van der Waals surface area contributed by atoms with E-state index in [-0.39, 0.29) is 0 Å². The maximum atomic E-state index is 13.2. The molecule has 1 N–H and O–H groups in total. The van der Waals surface area contributed by atoms with Gasteiger partial charge < -0.3 is 10.2 Å². The molecule has 1 aromatic heterocycles. The van der Waals surface area contributed by atoms with Gasteiger partial charge in [-0.15, -0.1) is 0 Å². The van der Waals surface area contributed by atoms with Crippen LogP contribution >= 0.6 is 0 Å². The maximum Gasteiger partial charge on any atom is 0.321 e. The summed E-state index contributed by atoms with van der Waals surface area (Å²) in [5.74, 6) is 0.368. The molecule has 2 heterocycles. The second kappa shape index (κ2) is 4.53. The molecule has 1 fully saturated rings. The first-order valence-corrected chi connectivity index (χ1v) is 5.98. The van der Waals surface area contributed by atoms with E-state index in [0.29, 0.717) is 30.1 Å². The van der Waals surface area contributed by atoms with Gasteiger partial charge in [0.25, 0.3) is 0 Å². The number of alkyl halides is 2. The number of hydrogen-bond acceptors (Lipinski definition) is 3. The summed E-state index contributed by atoms with van der Waals surface area (Å²) in [6.07, 6.45) is 0. The third-order valence-electron chi connectivity index (χ3n) is 3.17. The number of rotatable bonds is 2. The molecular weight excluding hydrogens is 238 g/mol. The Morgan fingerprint density at radius 2 is 1.89 bits per heavy atom. The summed E-state index contributed by atoms with van der Waals surface area (Å²) in [6.45, 7) is 0.438. The first-order chi connectivity index (χ1) is 8.77. The molecular formula is C12H14F2N4. The number of fused-ring (bicyclic) bond motifs is 1. The molecule has 3 rings (SSSR count). The van der Waals surface area contributed by atoms with Crippen molar-refractivity contribution in [3.05, 3.63) is 24.3 Å². The number of halogens is 2. The Balaban J connectivity index is 2.11. The summed E-state index contributed by atoms with van der Waals surface area (Å²) in [4.78, 5) is 6.24. The van der Waals surface area contributed by atoms with Gasteiger partial charge in [0.15, 0.2) is 0 Å². The molecule has 0 radical (unpaired) electrons. The molecule has 0 atom stereocenters. The highest BCUT2D eigenvalue weighted by molar-refractivity contribution is 5.79. The molecule has 1 aliphatic heterocycles. The fraction of sp³-hybridized carbons (Fsp3) is 0.417. The predicted octanol–water partition coefficient (Wildman–Crippen LogP) is 1.84. The van der Waals surface area contributed by atoms with Crippen LogP contribution in [0.15, 0.2) is 24.3 Å². The molecule has 4 nitrogen and oxygen atoms in total. The zero-order valence-corrected chi connectivity index (χ0v) is 9.81. The number of aromatic nitrogens is 2. The third-order valence-corrected chi connectivity index (χ3v) is 3.17. The maximum absolute atomic E-state index is 13.2. The number of nitrogens with one attached hydrogen (secondary N) is 1.